The number of amides is 3. The second-order valence-electron chi connectivity index (χ2n) is 4.60. The lowest BCUT2D eigenvalue weighted by Crippen LogP contribution is -2.28. The summed E-state index contributed by atoms with van der Waals surface area (Å²) >= 11 is 1.48. The molecule has 2 rings (SSSR count). The van der Waals surface area contributed by atoms with Crippen LogP contribution in [0.25, 0.3) is 0 Å². The van der Waals surface area contributed by atoms with Gasteiger partial charge in [-0.25, -0.2) is 4.79 Å². The number of hydrogen-bond donors (Lipinski definition) is 2. The lowest BCUT2D eigenvalue weighted by molar-refractivity contribution is 0.100. The van der Waals surface area contributed by atoms with Crippen molar-refractivity contribution in [1.82, 2.24) is 4.90 Å². The first-order chi connectivity index (χ1) is 8.50. The number of rotatable bonds is 2. The molecule has 0 radical (unpaired) electrons. The van der Waals surface area contributed by atoms with Gasteiger partial charge in [0.15, 0.2) is 0 Å². The summed E-state index contributed by atoms with van der Waals surface area (Å²) in [7, 11) is 3.32. The third-order valence-corrected chi connectivity index (χ3v) is 4.25. The first-order valence-electron chi connectivity index (χ1n) is 5.93. The van der Waals surface area contributed by atoms with Gasteiger partial charge in [0.2, 0.25) is 0 Å². The molecular formula is C12H17N3O2S. The summed E-state index contributed by atoms with van der Waals surface area (Å²) in [6.45, 7) is 0. The maximum Gasteiger partial charge on any atom is 0.321 e. The van der Waals surface area contributed by atoms with E-state index >= 15 is 0 Å². The average Bonchev–Trinajstić information content (AvgIpc) is 2.66. The fraction of sp³-hybridized carbons (Fsp3) is 0.500. The van der Waals surface area contributed by atoms with Crippen LogP contribution in [0.3, 0.4) is 0 Å². The highest BCUT2D eigenvalue weighted by molar-refractivity contribution is 7.17. The largest absolute Gasteiger partial charge is 0.365 e. The summed E-state index contributed by atoms with van der Waals surface area (Å²) in [5.41, 5.74) is 6.98. The van der Waals surface area contributed by atoms with Crippen LogP contribution in [0.5, 0.6) is 0 Å². The highest BCUT2D eigenvalue weighted by atomic mass is 32.1. The van der Waals surface area contributed by atoms with Crippen LogP contribution in [0, 0.1) is 0 Å². The number of nitrogens with zero attached hydrogens (tertiary/aromatic N) is 1. The molecule has 1 aliphatic rings. The third-order valence-electron chi connectivity index (χ3n) is 3.04. The third kappa shape index (κ3) is 2.33. The quantitative estimate of drug-likeness (QED) is 0.857. The Bertz CT molecular complexity index is 494. The molecule has 0 bridgehead atoms. The Morgan fingerprint density at radius 2 is 1.94 bits per heavy atom. The summed E-state index contributed by atoms with van der Waals surface area (Å²) in [4.78, 5) is 25.9. The molecule has 1 heterocycles. The first kappa shape index (κ1) is 12.9. The van der Waals surface area contributed by atoms with E-state index in [0.717, 1.165) is 31.2 Å². The lowest BCUT2D eigenvalue weighted by Gasteiger charge is -2.12. The number of carbonyl (C=O) groups excluding carboxylic acids is 2. The van der Waals surface area contributed by atoms with Gasteiger partial charge >= 0.3 is 6.03 Å². The summed E-state index contributed by atoms with van der Waals surface area (Å²) in [5, 5.41) is 3.34. The first-order valence-corrected chi connectivity index (χ1v) is 6.75. The van der Waals surface area contributed by atoms with E-state index in [-0.39, 0.29) is 6.03 Å². The Morgan fingerprint density at radius 1 is 1.28 bits per heavy atom. The van der Waals surface area contributed by atoms with Crippen LogP contribution < -0.4 is 11.1 Å². The van der Waals surface area contributed by atoms with E-state index in [0.29, 0.717) is 10.6 Å². The van der Waals surface area contributed by atoms with E-state index in [1.165, 1.54) is 21.1 Å². The number of carbonyl (C=O) groups is 2. The van der Waals surface area contributed by atoms with Crippen molar-refractivity contribution < 1.29 is 9.59 Å². The number of urea groups is 1. The van der Waals surface area contributed by atoms with Crippen LogP contribution in [0.15, 0.2) is 0 Å². The lowest BCUT2D eigenvalue weighted by atomic mass is 9.95. The summed E-state index contributed by atoms with van der Waals surface area (Å²) in [6.07, 6.45) is 4.05. The van der Waals surface area contributed by atoms with Crippen molar-refractivity contribution in [2.45, 2.75) is 25.7 Å². The molecule has 1 aromatic rings. The number of aryl methyl sites for hydroxylation is 1. The molecule has 0 saturated carbocycles. The molecule has 0 unspecified atom stereocenters. The predicted octanol–water partition coefficient (Wildman–Crippen LogP) is 1.82. The van der Waals surface area contributed by atoms with E-state index in [1.54, 1.807) is 14.1 Å². The zero-order valence-corrected chi connectivity index (χ0v) is 11.4. The summed E-state index contributed by atoms with van der Waals surface area (Å²) < 4.78 is 0. The molecule has 1 aliphatic carbocycles. The van der Waals surface area contributed by atoms with E-state index in [4.69, 9.17) is 5.73 Å². The van der Waals surface area contributed by atoms with Crippen LogP contribution in [0.4, 0.5) is 9.80 Å². The molecule has 98 valence electrons. The number of fused-ring (bicyclic) bond motifs is 1. The van der Waals surface area contributed by atoms with Crippen molar-refractivity contribution in [3.8, 4) is 0 Å². The Morgan fingerprint density at radius 3 is 2.56 bits per heavy atom. The van der Waals surface area contributed by atoms with Gasteiger partial charge in [-0.3, -0.25) is 10.1 Å². The van der Waals surface area contributed by atoms with Gasteiger partial charge in [-0.05, 0) is 31.2 Å². The predicted molar refractivity (Wildman–Crippen MR) is 72.2 cm³/mol. The molecule has 3 amide bonds. The molecule has 1 aromatic heterocycles. The van der Waals surface area contributed by atoms with Crippen LogP contribution in [-0.2, 0) is 12.8 Å². The van der Waals surface area contributed by atoms with Crippen molar-refractivity contribution in [2.75, 3.05) is 19.4 Å². The average molecular weight is 267 g/mol. The number of nitrogens with one attached hydrogen (secondary N) is 1. The summed E-state index contributed by atoms with van der Waals surface area (Å²) in [6, 6.07) is -0.240. The van der Waals surface area contributed by atoms with Crippen LogP contribution >= 0.6 is 11.3 Å². The SMILES string of the molecule is CN(C)C(=O)Nc1sc2c(c1C(N)=O)CCCC2. The minimum Gasteiger partial charge on any atom is -0.365 e. The monoisotopic (exact) mass is 267 g/mol. The van der Waals surface area contributed by atoms with Crippen LogP contribution in [0.1, 0.15) is 33.6 Å². The van der Waals surface area contributed by atoms with Crippen LogP contribution in [0.2, 0.25) is 0 Å². The zero-order chi connectivity index (χ0) is 13.3. The number of anilines is 1. The fourth-order valence-corrected chi connectivity index (χ4v) is 3.41. The molecule has 0 spiro atoms. The topological polar surface area (TPSA) is 75.4 Å². The molecule has 18 heavy (non-hydrogen) atoms. The van der Waals surface area contributed by atoms with E-state index in [9.17, 15) is 9.59 Å². The van der Waals surface area contributed by atoms with Gasteiger partial charge in [0.1, 0.15) is 5.00 Å². The molecule has 0 saturated heterocycles. The molecule has 0 aliphatic heterocycles. The normalized spacial score (nSPS) is 13.9. The minimum atomic E-state index is -0.455. The van der Waals surface area contributed by atoms with E-state index in [1.807, 2.05) is 0 Å². The van der Waals surface area contributed by atoms with Gasteiger partial charge in [-0.15, -0.1) is 11.3 Å². The Hall–Kier alpha value is -1.56. The van der Waals surface area contributed by atoms with E-state index < -0.39 is 5.91 Å². The van der Waals surface area contributed by atoms with Crippen molar-refractivity contribution in [3.05, 3.63) is 16.0 Å². The Labute approximate surface area is 110 Å². The molecular weight excluding hydrogens is 250 g/mol. The molecule has 0 aromatic carbocycles. The molecule has 0 fully saturated rings. The van der Waals surface area contributed by atoms with Gasteiger partial charge in [0.05, 0.1) is 5.56 Å². The van der Waals surface area contributed by atoms with Gasteiger partial charge < -0.3 is 10.6 Å². The second-order valence-corrected chi connectivity index (χ2v) is 5.71. The van der Waals surface area contributed by atoms with Crippen molar-refractivity contribution in [1.29, 1.82) is 0 Å². The number of nitrogens with two attached hydrogens (primary N) is 1. The number of primary amides is 1. The molecule has 3 N–H and O–H groups in total. The van der Waals surface area contributed by atoms with Crippen LogP contribution in [-0.4, -0.2) is 30.9 Å². The Balaban J connectivity index is 2.37. The maximum absolute atomic E-state index is 11.7. The van der Waals surface area contributed by atoms with Gasteiger partial charge in [0.25, 0.3) is 5.91 Å². The van der Waals surface area contributed by atoms with E-state index in [2.05, 4.69) is 5.32 Å². The fourth-order valence-electron chi connectivity index (χ4n) is 2.12. The summed E-state index contributed by atoms with van der Waals surface area (Å²) in [5.74, 6) is -0.455. The molecule has 0 atom stereocenters. The second kappa shape index (κ2) is 4.97. The highest BCUT2D eigenvalue weighted by Gasteiger charge is 2.25. The van der Waals surface area contributed by atoms with Crippen molar-refractivity contribution in [3.63, 3.8) is 0 Å². The van der Waals surface area contributed by atoms with Gasteiger partial charge in [-0.2, -0.15) is 0 Å². The number of hydrogen-bond acceptors (Lipinski definition) is 3. The smallest absolute Gasteiger partial charge is 0.321 e. The molecule has 6 heteroatoms. The number of thiophene rings is 1. The molecule has 5 nitrogen and oxygen atoms in total. The van der Waals surface area contributed by atoms with Gasteiger partial charge in [0, 0.05) is 19.0 Å². The minimum absolute atomic E-state index is 0.240. The van der Waals surface area contributed by atoms with Gasteiger partial charge in [-0.1, -0.05) is 0 Å². The zero-order valence-electron chi connectivity index (χ0n) is 10.6. The highest BCUT2D eigenvalue weighted by Crippen LogP contribution is 2.37. The maximum atomic E-state index is 11.7. The van der Waals surface area contributed by atoms with Crippen molar-refractivity contribution in [2.24, 2.45) is 5.73 Å². The Kier molecular flexibility index (Phi) is 3.56. The standard InChI is InChI=1S/C12H17N3O2S/c1-15(2)12(17)14-11-9(10(13)16)7-5-3-4-6-8(7)18-11/h3-6H2,1-2H3,(H2,13,16)(H,14,17). The van der Waals surface area contributed by atoms with Crippen molar-refractivity contribution >= 4 is 28.3 Å².